The summed E-state index contributed by atoms with van der Waals surface area (Å²) in [6, 6.07) is 20.4. The van der Waals surface area contributed by atoms with Crippen LogP contribution in [0.15, 0.2) is 72.8 Å². The average Bonchev–Trinajstić information content (AvgIpc) is 2.66. The number of benzene rings is 3. The van der Waals surface area contributed by atoms with Crippen LogP contribution >= 0.6 is 0 Å². The monoisotopic (exact) mass is 350 g/mol. The normalized spacial score (nSPS) is 10.2. The van der Waals surface area contributed by atoms with Crippen molar-refractivity contribution >= 4 is 23.0 Å². The zero-order valence-electron chi connectivity index (χ0n) is 14.3. The summed E-state index contributed by atoms with van der Waals surface area (Å²) >= 11 is 0. The molecular formula is C21H19FN2O2. The van der Waals surface area contributed by atoms with Crippen molar-refractivity contribution < 1.29 is 13.9 Å². The van der Waals surface area contributed by atoms with Gasteiger partial charge in [-0.25, -0.2) is 4.39 Å². The molecule has 0 radical (unpaired) electrons. The second-order valence-electron chi connectivity index (χ2n) is 5.56. The Kier molecular flexibility index (Phi) is 5.49. The fourth-order valence-corrected chi connectivity index (χ4v) is 2.52. The Hall–Kier alpha value is -3.34. The summed E-state index contributed by atoms with van der Waals surface area (Å²) in [5.41, 5.74) is 2.41. The van der Waals surface area contributed by atoms with Crippen molar-refractivity contribution in [1.82, 2.24) is 0 Å². The van der Waals surface area contributed by atoms with Gasteiger partial charge in [-0.2, -0.15) is 0 Å². The lowest BCUT2D eigenvalue weighted by atomic mass is 10.1. The number of amides is 1. The van der Waals surface area contributed by atoms with Gasteiger partial charge in [-0.1, -0.05) is 24.3 Å². The van der Waals surface area contributed by atoms with Crippen molar-refractivity contribution in [2.45, 2.75) is 6.92 Å². The number of carbonyl (C=O) groups excluding carboxylic acids is 1. The van der Waals surface area contributed by atoms with Crippen molar-refractivity contribution in [3.05, 3.63) is 84.2 Å². The van der Waals surface area contributed by atoms with Crippen LogP contribution in [0, 0.1) is 5.82 Å². The maximum Gasteiger partial charge on any atom is 0.257 e. The Balaban J connectivity index is 1.83. The van der Waals surface area contributed by atoms with E-state index in [0.717, 1.165) is 0 Å². The predicted molar refractivity (Wildman–Crippen MR) is 102 cm³/mol. The third-order valence-corrected chi connectivity index (χ3v) is 3.73. The summed E-state index contributed by atoms with van der Waals surface area (Å²) in [4.78, 5) is 12.8. The lowest BCUT2D eigenvalue weighted by Crippen LogP contribution is -2.14. The van der Waals surface area contributed by atoms with E-state index in [-0.39, 0.29) is 11.7 Å². The van der Waals surface area contributed by atoms with E-state index in [9.17, 15) is 9.18 Å². The van der Waals surface area contributed by atoms with Gasteiger partial charge in [0, 0.05) is 5.69 Å². The molecule has 0 aliphatic heterocycles. The molecule has 0 bridgehead atoms. The summed E-state index contributed by atoms with van der Waals surface area (Å²) in [5.74, 6) is 0.0452. The van der Waals surface area contributed by atoms with Gasteiger partial charge in [-0.05, 0) is 55.5 Å². The van der Waals surface area contributed by atoms with Gasteiger partial charge in [-0.3, -0.25) is 4.79 Å². The highest BCUT2D eigenvalue weighted by Crippen LogP contribution is 2.26. The zero-order chi connectivity index (χ0) is 18.4. The number of halogens is 1. The van der Waals surface area contributed by atoms with E-state index in [4.69, 9.17) is 4.74 Å². The molecule has 0 heterocycles. The molecule has 0 saturated carbocycles. The number of carbonyl (C=O) groups is 1. The van der Waals surface area contributed by atoms with Crippen molar-refractivity contribution in [1.29, 1.82) is 0 Å². The van der Waals surface area contributed by atoms with Gasteiger partial charge in [-0.15, -0.1) is 0 Å². The summed E-state index contributed by atoms with van der Waals surface area (Å²) in [7, 11) is 0. The molecule has 0 aromatic heterocycles. The first-order valence-electron chi connectivity index (χ1n) is 8.32. The zero-order valence-corrected chi connectivity index (χ0v) is 14.3. The lowest BCUT2D eigenvalue weighted by molar-refractivity contribution is 0.102. The molecule has 3 aromatic rings. The molecule has 0 saturated heterocycles. The molecule has 0 aliphatic carbocycles. The smallest absolute Gasteiger partial charge is 0.257 e. The predicted octanol–water partition coefficient (Wildman–Crippen LogP) is 5.22. The number of hydrogen-bond acceptors (Lipinski definition) is 3. The fraction of sp³-hybridized carbons (Fsp3) is 0.0952. The van der Waals surface area contributed by atoms with E-state index < -0.39 is 0 Å². The molecule has 2 N–H and O–H groups in total. The molecule has 3 rings (SSSR count). The summed E-state index contributed by atoms with van der Waals surface area (Å²) in [5, 5.41) is 6.03. The number of para-hydroxylation sites is 3. The Bertz CT molecular complexity index is 895. The van der Waals surface area contributed by atoms with Gasteiger partial charge in [0.1, 0.15) is 11.6 Å². The summed E-state index contributed by atoms with van der Waals surface area (Å²) in [6.07, 6.45) is 0. The van der Waals surface area contributed by atoms with Crippen LogP contribution in [0.25, 0.3) is 0 Å². The number of anilines is 3. The van der Waals surface area contributed by atoms with Gasteiger partial charge >= 0.3 is 0 Å². The maximum atomic E-state index is 13.1. The molecule has 0 aliphatic rings. The molecule has 0 fully saturated rings. The molecule has 0 spiro atoms. The van der Waals surface area contributed by atoms with E-state index >= 15 is 0 Å². The SMILES string of the molecule is CCOc1ccccc1NC(=O)c1ccccc1Nc1ccc(F)cc1. The van der Waals surface area contributed by atoms with Gasteiger partial charge < -0.3 is 15.4 Å². The molecule has 1 amide bonds. The van der Waals surface area contributed by atoms with Gasteiger partial charge in [0.25, 0.3) is 5.91 Å². The molecule has 0 atom stereocenters. The number of ether oxygens (including phenoxy) is 1. The minimum atomic E-state index is -0.311. The second-order valence-corrected chi connectivity index (χ2v) is 5.56. The third kappa shape index (κ3) is 4.19. The highest BCUT2D eigenvalue weighted by Gasteiger charge is 2.13. The Morgan fingerprint density at radius 1 is 0.923 bits per heavy atom. The van der Waals surface area contributed by atoms with Gasteiger partial charge in [0.15, 0.2) is 0 Å². The lowest BCUT2D eigenvalue weighted by Gasteiger charge is -2.14. The molecule has 0 unspecified atom stereocenters. The Morgan fingerprint density at radius 2 is 1.58 bits per heavy atom. The second kappa shape index (κ2) is 8.16. The minimum Gasteiger partial charge on any atom is -0.492 e. The van der Waals surface area contributed by atoms with Crippen molar-refractivity contribution in [2.24, 2.45) is 0 Å². The van der Waals surface area contributed by atoms with Crippen LogP contribution in [0.3, 0.4) is 0 Å². The standard InChI is InChI=1S/C21H19FN2O2/c1-2-26-20-10-6-5-9-19(20)24-21(25)17-7-3-4-8-18(17)23-16-13-11-15(22)12-14-16/h3-14,23H,2H2,1H3,(H,24,25). The molecular weight excluding hydrogens is 331 g/mol. The first-order chi connectivity index (χ1) is 12.7. The molecule has 3 aromatic carbocycles. The van der Waals surface area contributed by atoms with Crippen LogP contribution in [0.1, 0.15) is 17.3 Å². The Labute approximate surface area is 151 Å². The first-order valence-corrected chi connectivity index (χ1v) is 8.32. The summed E-state index contributed by atoms with van der Waals surface area (Å²) < 4.78 is 18.6. The topological polar surface area (TPSA) is 50.4 Å². The highest BCUT2D eigenvalue weighted by molar-refractivity contribution is 6.09. The van der Waals surface area contributed by atoms with Crippen LogP contribution in [-0.2, 0) is 0 Å². The maximum absolute atomic E-state index is 13.1. The van der Waals surface area contributed by atoms with Crippen molar-refractivity contribution in [3.8, 4) is 5.75 Å². The average molecular weight is 350 g/mol. The molecule has 5 heteroatoms. The quantitative estimate of drug-likeness (QED) is 0.641. The van der Waals surface area contributed by atoms with E-state index in [2.05, 4.69) is 10.6 Å². The van der Waals surface area contributed by atoms with Gasteiger partial charge in [0.2, 0.25) is 0 Å². The van der Waals surface area contributed by atoms with E-state index in [1.165, 1.54) is 12.1 Å². The minimum absolute atomic E-state index is 0.262. The number of nitrogens with one attached hydrogen (secondary N) is 2. The highest BCUT2D eigenvalue weighted by atomic mass is 19.1. The molecule has 132 valence electrons. The van der Waals surface area contributed by atoms with Gasteiger partial charge in [0.05, 0.1) is 23.5 Å². The Morgan fingerprint density at radius 3 is 2.31 bits per heavy atom. The van der Waals surface area contributed by atoms with Crippen LogP contribution in [0.5, 0.6) is 5.75 Å². The van der Waals surface area contributed by atoms with E-state index in [0.29, 0.717) is 35.0 Å². The summed E-state index contributed by atoms with van der Waals surface area (Å²) in [6.45, 7) is 2.40. The van der Waals surface area contributed by atoms with Crippen LogP contribution in [0.4, 0.5) is 21.5 Å². The van der Waals surface area contributed by atoms with E-state index in [1.807, 2.05) is 31.2 Å². The molecule has 4 nitrogen and oxygen atoms in total. The fourth-order valence-electron chi connectivity index (χ4n) is 2.52. The largest absolute Gasteiger partial charge is 0.492 e. The van der Waals surface area contributed by atoms with Crippen LogP contribution < -0.4 is 15.4 Å². The number of rotatable bonds is 6. The molecule has 26 heavy (non-hydrogen) atoms. The number of hydrogen-bond donors (Lipinski definition) is 2. The van der Waals surface area contributed by atoms with Crippen LogP contribution in [0.2, 0.25) is 0 Å². The van der Waals surface area contributed by atoms with Crippen LogP contribution in [-0.4, -0.2) is 12.5 Å². The van der Waals surface area contributed by atoms with E-state index in [1.54, 1.807) is 36.4 Å². The third-order valence-electron chi connectivity index (χ3n) is 3.73. The van der Waals surface area contributed by atoms with Crippen molar-refractivity contribution in [3.63, 3.8) is 0 Å². The first kappa shape index (κ1) is 17.5. The van der Waals surface area contributed by atoms with Crippen molar-refractivity contribution in [2.75, 3.05) is 17.2 Å².